The van der Waals surface area contributed by atoms with Crippen LogP contribution in [0.25, 0.3) is 0 Å². The standard InChI is InChI=1S/C14H14N2O/c1-17-14-7-3-2-6-13(14)11-16-10-12-5-4-8-15-9-12/h2-10H,11H2,1H3. The molecule has 2 rings (SSSR count). The summed E-state index contributed by atoms with van der Waals surface area (Å²) in [5, 5.41) is 0. The molecule has 3 nitrogen and oxygen atoms in total. The van der Waals surface area contributed by atoms with Crippen molar-refractivity contribution in [1.82, 2.24) is 4.98 Å². The molecule has 0 aliphatic heterocycles. The van der Waals surface area contributed by atoms with E-state index in [1.54, 1.807) is 19.5 Å². The summed E-state index contributed by atoms with van der Waals surface area (Å²) in [4.78, 5) is 8.40. The van der Waals surface area contributed by atoms with E-state index in [0.717, 1.165) is 16.9 Å². The lowest BCUT2D eigenvalue weighted by molar-refractivity contribution is 0.410. The predicted molar refractivity (Wildman–Crippen MR) is 68.5 cm³/mol. The summed E-state index contributed by atoms with van der Waals surface area (Å²) in [6.45, 7) is 0.610. The largest absolute Gasteiger partial charge is 0.496 e. The van der Waals surface area contributed by atoms with Gasteiger partial charge < -0.3 is 4.74 Å². The number of hydrogen-bond acceptors (Lipinski definition) is 3. The van der Waals surface area contributed by atoms with E-state index in [9.17, 15) is 0 Å². The van der Waals surface area contributed by atoms with E-state index in [4.69, 9.17) is 4.74 Å². The average molecular weight is 226 g/mol. The fourth-order valence-corrected chi connectivity index (χ4v) is 1.54. The molecule has 0 amide bonds. The monoisotopic (exact) mass is 226 g/mol. The van der Waals surface area contributed by atoms with E-state index in [1.165, 1.54) is 0 Å². The Bertz CT molecular complexity index is 495. The zero-order valence-corrected chi connectivity index (χ0v) is 9.71. The lowest BCUT2D eigenvalue weighted by Gasteiger charge is -2.04. The van der Waals surface area contributed by atoms with Crippen LogP contribution in [0.3, 0.4) is 0 Å². The molecule has 0 radical (unpaired) electrons. The number of ether oxygens (including phenoxy) is 1. The summed E-state index contributed by atoms with van der Waals surface area (Å²) in [7, 11) is 1.67. The van der Waals surface area contributed by atoms with E-state index in [0.29, 0.717) is 6.54 Å². The first-order chi connectivity index (χ1) is 8.40. The van der Waals surface area contributed by atoms with E-state index in [1.807, 2.05) is 42.6 Å². The van der Waals surface area contributed by atoms with E-state index in [-0.39, 0.29) is 0 Å². The van der Waals surface area contributed by atoms with Gasteiger partial charge in [0, 0.05) is 29.7 Å². The third-order valence-electron chi connectivity index (χ3n) is 2.38. The van der Waals surface area contributed by atoms with Gasteiger partial charge in [-0.25, -0.2) is 0 Å². The Morgan fingerprint density at radius 2 is 2.12 bits per heavy atom. The molecule has 3 heteroatoms. The van der Waals surface area contributed by atoms with Crippen molar-refractivity contribution in [2.45, 2.75) is 6.54 Å². The Hall–Kier alpha value is -2.16. The van der Waals surface area contributed by atoms with Crippen LogP contribution < -0.4 is 4.74 Å². The van der Waals surface area contributed by atoms with Crippen LogP contribution in [-0.2, 0) is 6.54 Å². The van der Waals surface area contributed by atoms with Gasteiger partial charge in [-0.3, -0.25) is 9.98 Å². The molecule has 0 saturated carbocycles. The highest BCUT2D eigenvalue weighted by Crippen LogP contribution is 2.17. The van der Waals surface area contributed by atoms with Gasteiger partial charge in [-0.05, 0) is 12.1 Å². The first-order valence-electron chi connectivity index (χ1n) is 5.42. The van der Waals surface area contributed by atoms with Gasteiger partial charge in [-0.1, -0.05) is 24.3 Å². The van der Waals surface area contributed by atoms with Crippen molar-refractivity contribution in [2.75, 3.05) is 7.11 Å². The Kier molecular flexibility index (Phi) is 3.86. The van der Waals surface area contributed by atoms with Gasteiger partial charge in [-0.2, -0.15) is 0 Å². The summed E-state index contributed by atoms with van der Waals surface area (Å²) >= 11 is 0. The summed E-state index contributed by atoms with van der Waals surface area (Å²) in [5.74, 6) is 0.871. The quantitative estimate of drug-likeness (QED) is 0.751. The van der Waals surface area contributed by atoms with Crippen molar-refractivity contribution in [3.05, 3.63) is 59.9 Å². The smallest absolute Gasteiger partial charge is 0.123 e. The zero-order valence-electron chi connectivity index (χ0n) is 9.71. The highest BCUT2D eigenvalue weighted by atomic mass is 16.5. The Morgan fingerprint density at radius 1 is 1.24 bits per heavy atom. The molecular weight excluding hydrogens is 212 g/mol. The number of pyridine rings is 1. The number of rotatable bonds is 4. The number of methoxy groups -OCH3 is 1. The molecule has 0 aliphatic rings. The van der Waals surface area contributed by atoms with Gasteiger partial charge in [0.15, 0.2) is 0 Å². The van der Waals surface area contributed by atoms with Crippen LogP contribution in [0.5, 0.6) is 5.75 Å². The first-order valence-corrected chi connectivity index (χ1v) is 5.42. The molecule has 1 aromatic carbocycles. The SMILES string of the molecule is COc1ccccc1CN=Cc1cccnc1. The second-order valence-corrected chi connectivity index (χ2v) is 3.57. The van der Waals surface area contributed by atoms with E-state index >= 15 is 0 Å². The van der Waals surface area contributed by atoms with Crippen LogP contribution in [0.15, 0.2) is 53.8 Å². The van der Waals surface area contributed by atoms with Gasteiger partial charge in [-0.15, -0.1) is 0 Å². The molecule has 0 aliphatic carbocycles. The molecule has 0 N–H and O–H groups in total. The Balaban J connectivity index is 2.05. The molecule has 17 heavy (non-hydrogen) atoms. The van der Waals surface area contributed by atoms with Crippen LogP contribution >= 0.6 is 0 Å². The summed E-state index contributed by atoms with van der Waals surface area (Å²) in [5.41, 5.74) is 2.08. The minimum Gasteiger partial charge on any atom is -0.496 e. The van der Waals surface area contributed by atoms with Gasteiger partial charge in [0.05, 0.1) is 13.7 Å². The van der Waals surface area contributed by atoms with Gasteiger partial charge in [0.2, 0.25) is 0 Å². The third-order valence-corrected chi connectivity index (χ3v) is 2.38. The van der Waals surface area contributed by atoms with Crippen molar-refractivity contribution >= 4 is 6.21 Å². The lowest BCUT2D eigenvalue weighted by Crippen LogP contribution is -1.91. The van der Waals surface area contributed by atoms with Gasteiger partial charge >= 0.3 is 0 Å². The average Bonchev–Trinajstić information content (AvgIpc) is 2.40. The van der Waals surface area contributed by atoms with Crippen LogP contribution in [0.4, 0.5) is 0 Å². The summed E-state index contributed by atoms with van der Waals surface area (Å²) in [6, 6.07) is 11.8. The Labute approximate surface area is 101 Å². The molecule has 2 aromatic rings. The minimum absolute atomic E-state index is 0.610. The summed E-state index contributed by atoms with van der Waals surface area (Å²) < 4.78 is 5.26. The molecule has 0 saturated heterocycles. The number of nitrogens with zero attached hydrogens (tertiary/aromatic N) is 2. The van der Waals surface area contributed by atoms with Gasteiger partial charge in [0.1, 0.15) is 5.75 Å². The van der Waals surface area contributed by atoms with Crippen molar-refractivity contribution < 1.29 is 4.74 Å². The molecule has 0 atom stereocenters. The minimum atomic E-state index is 0.610. The molecule has 1 heterocycles. The number of aliphatic imine (C=N–C) groups is 1. The lowest BCUT2D eigenvalue weighted by atomic mass is 10.2. The zero-order chi connectivity index (χ0) is 11.9. The van der Waals surface area contributed by atoms with E-state index < -0.39 is 0 Å². The van der Waals surface area contributed by atoms with Gasteiger partial charge in [0.25, 0.3) is 0 Å². The van der Waals surface area contributed by atoms with Crippen LogP contribution in [0.1, 0.15) is 11.1 Å². The van der Waals surface area contributed by atoms with E-state index in [2.05, 4.69) is 9.98 Å². The molecule has 0 unspecified atom stereocenters. The maximum atomic E-state index is 5.26. The molecule has 86 valence electrons. The van der Waals surface area contributed by atoms with Crippen LogP contribution in [-0.4, -0.2) is 18.3 Å². The fourth-order valence-electron chi connectivity index (χ4n) is 1.54. The summed E-state index contributed by atoms with van der Waals surface area (Å²) in [6.07, 6.45) is 5.35. The number of benzene rings is 1. The fraction of sp³-hybridized carbons (Fsp3) is 0.143. The molecule has 0 spiro atoms. The van der Waals surface area contributed by atoms with Crippen molar-refractivity contribution in [1.29, 1.82) is 0 Å². The number of aromatic nitrogens is 1. The molecule has 0 bridgehead atoms. The topological polar surface area (TPSA) is 34.5 Å². The number of hydrogen-bond donors (Lipinski definition) is 0. The normalized spacial score (nSPS) is 10.6. The van der Waals surface area contributed by atoms with Crippen LogP contribution in [0.2, 0.25) is 0 Å². The maximum absolute atomic E-state index is 5.26. The van der Waals surface area contributed by atoms with Crippen molar-refractivity contribution in [3.8, 4) is 5.75 Å². The molecule has 0 fully saturated rings. The highest BCUT2D eigenvalue weighted by molar-refractivity contribution is 5.78. The first kappa shape index (κ1) is 11.3. The van der Waals surface area contributed by atoms with Crippen molar-refractivity contribution in [3.63, 3.8) is 0 Å². The maximum Gasteiger partial charge on any atom is 0.123 e. The Morgan fingerprint density at radius 3 is 2.88 bits per heavy atom. The highest BCUT2D eigenvalue weighted by Gasteiger charge is 1.98. The number of para-hydroxylation sites is 1. The van der Waals surface area contributed by atoms with Crippen molar-refractivity contribution in [2.24, 2.45) is 4.99 Å². The molecular formula is C14H14N2O. The second kappa shape index (κ2) is 5.80. The molecule has 1 aromatic heterocycles. The third kappa shape index (κ3) is 3.14. The predicted octanol–water partition coefficient (Wildman–Crippen LogP) is 2.71. The van der Waals surface area contributed by atoms with Crippen LogP contribution in [0, 0.1) is 0 Å². The second-order valence-electron chi connectivity index (χ2n) is 3.57.